The highest BCUT2D eigenvalue weighted by Crippen LogP contribution is 2.35. The van der Waals surface area contributed by atoms with Crippen molar-refractivity contribution < 1.29 is 14.1 Å². The summed E-state index contributed by atoms with van der Waals surface area (Å²) in [6, 6.07) is 14.3. The van der Waals surface area contributed by atoms with Crippen molar-refractivity contribution in [2.24, 2.45) is 0 Å². The number of carbonyl (C=O) groups is 1. The number of amides is 1. The van der Waals surface area contributed by atoms with E-state index in [1.807, 2.05) is 24.3 Å². The van der Waals surface area contributed by atoms with E-state index < -0.39 is 0 Å². The number of unbranched alkanes of at least 4 members (excludes halogenated alkanes) is 11. The van der Waals surface area contributed by atoms with Crippen molar-refractivity contribution in [3.05, 3.63) is 75.7 Å². The summed E-state index contributed by atoms with van der Waals surface area (Å²) in [7, 11) is 0. The first kappa shape index (κ1) is 33.8. The SMILES string of the molecule is CCCCCCCCCCCCCCOc1c(CC(=O)Nc2ccccc2C[n+]2ccsc2C)cccc1C(C)(C)C. The van der Waals surface area contributed by atoms with Gasteiger partial charge in [-0.2, -0.15) is 4.57 Å². The summed E-state index contributed by atoms with van der Waals surface area (Å²) in [5, 5.41) is 6.52. The summed E-state index contributed by atoms with van der Waals surface area (Å²) in [5.74, 6) is 0.872. The van der Waals surface area contributed by atoms with Crippen molar-refractivity contribution in [2.75, 3.05) is 11.9 Å². The minimum atomic E-state index is -0.0689. The number of thiazole rings is 1. The van der Waals surface area contributed by atoms with Gasteiger partial charge in [-0.3, -0.25) is 4.79 Å². The van der Waals surface area contributed by atoms with Gasteiger partial charge in [0.25, 0.3) is 0 Å². The predicted octanol–water partition coefficient (Wildman–Crippen LogP) is 9.95. The molecule has 1 N–H and O–H groups in total. The number of aryl methyl sites for hydroxylation is 1. The smallest absolute Gasteiger partial charge is 0.234 e. The summed E-state index contributed by atoms with van der Waals surface area (Å²) in [6.45, 7) is 12.5. The first-order valence-corrected chi connectivity index (χ1v) is 17.2. The quantitative estimate of drug-likeness (QED) is 0.111. The average molecular weight is 592 g/mol. The Kier molecular flexibility index (Phi) is 14.6. The highest BCUT2D eigenvalue weighted by Gasteiger charge is 2.23. The Bertz CT molecular complexity index is 1210. The molecule has 0 unspecified atom stereocenters. The van der Waals surface area contributed by atoms with E-state index in [1.54, 1.807) is 11.3 Å². The van der Waals surface area contributed by atoms with Crippen LogP contribution in [0, 0.1) is 6.92 Å². The number of anilines is 1. The van der Waals surface area contributed by atoms with Gasteiger partial charge in [-0.15, -0.1) is 0 Å². The van der Waals surface area contributed by atoms with Crippen LogP contribution in [0.4, 0.5) is 5.69 Å². The molecule has 0 radical (unpaired) electrons. The van der Waals surface area contributed by atoms with Crippen LogP contribution < -0.4 is 14.6 Å². The maximum Gasteiger partial charge on any atom is 0.234 e. The minimum absolute atomic E-state index is 0.0178. The van der Waals surface area contributed by atoms with Crippen LogP contribution in [-0.4, -0.2) is 12.5 Å². The van der Waals surface area contributed by atoms with E-state index in [-0.39, 0.29) is 17.7 Å². The molecule has 1 aromatic heterocycles. The molecule has 0 saturated heterocycles. The van der Waals surface area contributed by atoms with Gasteiger partial charge in [-0.1, -0.05) is 146 Å². The van der Waals surface area contributed by atoms with Crippen molar-refractivity contribution in [1.82, 2.24) is 0 Å². The molecule has 42 heavy (non-hydrogen) atoms. The van der Waals surface area contributed by atoms with E-state index >= 15 is 0 Å². The molecular formula is C37H55N2O2S+. The van der Waals surface area contributed by atoms with Gasteiger partial charge in [0, 0.05) is 18.1 Å². The number of para-hydroxylation sites is 2. The molecule has 1 heterocycles. The molecule has 3 aromatic rings. The second-order valence-corrected chi connectivity index (χ2v) is 13.8. The van der Waals surface area contributed by atoms with Crippen LogP contribution in [-0.2, 0) is 23.2 Å². The number of hydrogen-bond acceptors (Lipinski definition) is 3. The Hall–Kier alpha value is -2.66. The van der Waals surface area contributed by atoms with Gasteiger partial charge in [0.05, 0.1) is 24.1 Å². The standard InChI is InChI=1S/C37H54N2O2S/c1-6-7-8-9-10-11-12-13-14-15-16-19-26-41-36-31(22-20-23-33(36)37(3,4)5)28-35(40)38-34-24-18-17-21-32(34)29-39-25-27-42-30(39)2/h17-18,20-25,27H,6-16,19,26,28-29H2,1-5H3/p+1. The fourth-order valence-electron chi connectivity index (χ4n) is 5.47. The molecule has 4 nitrogen and oxygen atoms in total. The van der Waals surface area contributed by atoms with Crippen molar-refractivity contribution in [1.29, 1.82) is 0 Å². The first-order chi connectivity index (χ1) is 20.3. The van der Waals surface area contributed by atoms with Gasteiger partial charge in [0.1, 0.15) is 5.75 Å². The number of hydrogen-bond donors (Lipinski definition) is 1. The number of carbonyl (C=O) groups excluding carboxylic acids is 1. The molecule has 3 rings (SSSR count). The first-order valence-electron chi connectivity index (χ1n) is 16.4. The lowest BCUT2D eigenvalue weighted by atomic mass is 9.84. The van der Waals surface area contributed by atoms with Crippen molar-refractivity contribution in [2.45, 2.75) is 130 Å². The highest BCUT2D eigenvalue weighted by atomic mass is 32.1. The van der Waals surface area contributed by atoms with Crippen molar-refractivity contribution in [3.8, 4) is 5.75 Å². The molecule has 0 saturated carbocycles. The molecule has 5 heteroatoms. The fraction of sp³-hybridized carbons (Fsp3) is 0.568. The number of benzene rings is 2. The molecule has 2 aromatic carbocycles. The number of nitrogens with one attached hydrogen (secondary N) is 1. The highest BCUT2D eigenvalue weighted by molar-refractivity contribution is 7.09. The van der Waals surface area contributed by atoms with E-state index in [9.17, 15) is 4.79 Å². The fourth-order valence-corrected chi connectivity index (χ4v) is 6.14. The molecule has 230 valence electrons. The van der Waals surface area contributed by atoms with E-state index in [2.05, 4.69) is 74.3 Å². The monoisotopic (exact) mass is 591 g/mol. The van der Waals surface area contributed by atoms with Crippen LogP contribution in [0.1, 0.15) is 126 Å². The zero-order valence-corrected chi connectivity index (χ0v) is 27.8. The van der Waals surface area contributed by atoms with E-state index in [1.165, 1.54) is 75.6 Å². The number of nitrogens with zero attached hydrogens (tertiary/aromatic N) is 1. The predicted molar refractivity (Wildman–Crippen MR) is 179 cm³/mol. The van der Waals surface area contributed by atoms with E-state index in [0.29, 0.717) is 6.61 Å². The second kappa shape index (κ2) is 18.1. The molecule has 0 spiro atoms. The third-order valence-corrected chi connectivity index (χ3v) is 8.85. The summed E-state index contributed by atoms with van der Waals surface area (Å²) in [5.41, 5.74) is 4.02. The molecular weight excluding hydrogens is 536 g/mol. The van der Waals surface area contributed by atoms with Crippen LogP contribution in [0.5, 0.6) is 5.75 Å². The molecule has 0 aliphatic heterocycles. The van der Waals surface area contributed by atoms with E-state index in [0.717, 1.165) is 41.1 Å². The lowest BCUT2D eigenvalue weighted by Gasteiger charge is -2.25. The summed E-state index contributed by atoms with van der Waals surface area (Å²) < 4.78 is 8.67. The molecule has 1 amide bonds. The Morgan fingerprint density at radius 3 is 2.07 bits per heavy atom. The van der Waals surface area contributed by atoms with Crippen LogP contribution in [0.15, 0.2) is 54.0 Å². The Labute approximate surface area is 259 Å². The van der Waals surface area contributed by atoms with Gasteiger partial charge >= 0.3 is 0 Å². The van der Waals surface area contributed by atoms with E-state index in [4.69, 9.17) is 4.74 Å². The third kappa shape index (κ3) is 11.6. The third-order valence-electron chi connectivity index (χ3n) is 8.02. The molecule has 0 aliphatic carbocycles. The normalized spacial score (nSPS) is 11.5. The van der Waals surface area contributed by atoms with Crippen LogP contribution in [0.25, 0.3) is 0 Å². The van der Waals surface area contributed by atoms with Crippen LogP contribution in [0.2, 0.25) is 0 Å². The minimum Gasteiger partial charge on any atom is -0.493 e. The summed E-state index contributed by atoms with van der Waals surface area (Å²) in [4.78, 5) is 13.3. The van der Waals surface area contributed by atoms with Crippen molar-refractivity contribution >= 4 is 22.9 Å². The average Bonchev–Trinajstić information content (AvgIpc) is 3.36. The second-order valence-electron chi connectivity index (χ2n) is 12.7. The Balaban J connectivity index is 1.51. The van der Waals surface area contributed by atoms with Crippen LogP contribution >= 0.6 is 11.3 Å². The maximum atomic E-state index is 13.3. The number of rotatable bonds is 19. The van der Waals surface area contributed by atoms with Crippen molar-refractivity contribution in [3.63, 3.8) is 0 Å². The van der Waals surface area contributed by atoms with Gasteiger partial charge < -0.3 is 10.1 Å². The molecule has 0 aliphatic rings. The lowest BCUT2D eigenvalue weighted by molar-refractivity contribution is -0.689. The van der Waals surface area contributed by atoms with Gasteiger partial charge in [0.2, 0.25) is 10.9 Å². The summed E-state index contributed by atoms with van der Waals surface area (Å²) >= 11 is 1.73. The van der Waals surface area contributed by atoms with Gasteiger partial charge in [0.15, 0.2) is 12.7 Å². The Morgan fingerprint density at radius 2 is 1.45 bits per heavy atom. The largest absolute Gasteiger partial charge is 0.493 e. The zero-order valence-electron chi connectivity index (χ0n) is 27.0. The molecule has 0 bridgehead atoms. The maximum absolute atomic E-state index is 13.3. The Morgan fingerprint density at radius 1 is 0.833 bits per heavy atom. The molecule has 0 fully saturated rings. The summed E-state index contributed by atoms with van der Waals surface area (Å²) in [6.07, 6.45) is 18.3. The molecule has 0 atom stereocenters. The van der Waals surface area contributed by atoms with Crippen LogP contribution in [0.3, 0.4) is 0 Å². The number of aromatic nitrogens is 1. The van der Waals surface area contributed by atoms with Gasteiger partial charge in [-0.05, 0) is 23.5 Å². The van der Waals surface area contributed by atoms with Gasteiger partial charge in [-0.25, -0.2) is 0 Å². The topological polar surface area (TPSA) is 42.2 Å². The lowest BCUT2D eigenvalue weighted by Crippen LogP contribution is -2.34. The zero-order chi connectivity index (χ0) is 30.2. The number of ether oxygens (including phenoxy) is 1.